The Balaban J connectivity index is 2.66. The van der Waals surface area contributed by atoms with Crippen LogP contribution >= 0.6 is 0 Å². The summed E-state index contributed by atoms with van der Waals surface area (Å²) in [7, 11) is 0. The van der Waals surface area contributed by atoms with E-state index in [9.17, 15) is 0 Å². The van der Waals surface area contributed by atoms with Crippen LogP contribution in [0.15, 0.2) is 30.3 Å². The molecule has 0 atom stereocenters. The van der Waals surface area contributed by atoms with Crippen molar-refractivity contribution in [3.63, 3.8) is 0 Å². The Bertz CT molecular complexity index is 215. The minimum atomic E-state index is -1.85. The Hall–Kier alpha value is -1.06. The summed E-state index contributed by atoms with van der Waals surface area (Å²) in [5.41, 5.74) is 0.681. The molecule has 0 aliphatic heterocycles. The van der Waals surface area contributed by atoms with Crippen LogP contribution in [0, 0.1) is 0 Å². The second-order valence-electron chi connectivity index (χ2n) is 2.51. The van der Waals surface area contributed by atoms with Crippen molar-refractivity contribution < 1.29 is 10.2 Å². The molecule has 3 N–H and O–H groups in total. The number of benzene rings is 1. The molecule has 0 saturated carbocycles. The van der Waals surface area contributed by atoms with E-state index in [1.807, 2.05) is 18.2 Å². The van der Waals surface area contributed by atoms with Gasteiger partial charge in [-0.3, -0.25) is 0 Å². The molecule has 0 aliphatic rings. The van der Waals surface area contributed by atoms with Gasteiger partial charge in [0.15, 0.2) is 0 Å². The number of hydrogen-bond donors (Lipinski definition) is 3. The molecule has 0 amide bonds. The van der Waals surface area contributed by atoms with E-state index in [2.05, 4.69) is 5.32 Å². The van der Waals surface area contributed by atoms with Gasteiger partial charge in [-0.2, -0.15) is 0 Å². The van der Waals surface area contributed by atoms with Crippen molar-refractivity contribution in [1.29, 1.82) is 0 Å². The molecule has 1 aromatic rings. The predicted octanol–water partition coefficient (Wildman–Crippen LogP) is 0.757. The van der Waals surface area contributed by atoms with Crippen molar-refractivity contribution in [1.82, 2.24) is 0 Å². The highest BCUT2D eigenvalue weighted by Gasteiger charge is 2.12. The fourth-order valence-electron chi connectivity index (χ4n) is 0.795. The van der Waals surface area contributed by atoms with Gasteiger partial charge < -0.3 is 15.5 Å². The van der Waals surface area contributed by atoms with E-state index in [4.69, 9.17) is 10.2 Å². The molecule has 60 valence electrons. The topological polar surface area (TPSA) is 52.5 Å². The molecule has 0 spiro atoms. The van der Waals surface area contributed by atoms with Gasteiger partial charge in [0.2, 0.25) is 5.91 Å². The second kappa shape index (κ2) is 2.90. The van der Waals surface area contributed by atoms with Gasteiger partial charge in [-0.25, -0.2) is 0 Å². The molecule has 0 unspecified atom stereocenters. The maximum Gasteiger partial charge on any atom is 0.241 e. The molecule has 0 radical (unpaired) electrons. The number of aliphatic hydroxyl groups is 2. The quantitative estimate of drug-likeness (QED) is 0.550. The van der Waals surface area contributed by atoms with Crippen LogP contribution in [0.25, 0.3) is 0 Å². The third-order valence-electron chi connectivity index (χ3n) is 1.15. The fraction of sp³-hybridized carbons (Fsp3) is 0.250. The van der Waals surface area contributed by atoms with E-state index in [1.165, 1.54) is 6.92 Å². The van der Waals surface area contributed by atoms with Gasteiger partial charge in [-0.05, 0) is 12.1 Å². The van der Waals surface area contributed by atoms with Crippen LogP contribution in [-0.4, -0.2) is 16.1 Å². The normalized spacial score (nSPS) is 11.2. The lowest BCUT2D eigenvalue weighted by molar-refractivity contribution is -0.118. The molecule has 3 nitrogen and oxygen atoms in total. The summed E-state index contributed by atoms with van der Waals surface area (Å²) in [5, 5.41) is 20.3. The van der Waals surface area contributed by atoms with Crippen molar-refractivity contribution in [3.8, 4) is 0 Å². The van der Waals surface area contributed by atoms with Crippen molar-refractivity contribution in [2.24, 2.45) is 0 Å². The molecule has 0 aromatic heterocycles. The van der Waals surface area contributed by atoms with Crippen LogP contribution in [0.2, 0.25) is 0 Å². The van der Waals surface area contributed by atoms with Crippen LogP contribution in [-0.2, 0) is 0 Å². The first kappa shape index (κ1) is 8.04. The van der Waals surface area contributed by atoms with Crippen LogP contribution < -0.4 is 5.32 Å². The van der Waals surface area contributed by atoms with Crippen molar-refractivity contribution in [2.75, 3.05) is 5.32 Å². The second-order valence-corrected chi connectivity index (χ2v) is 2.51. The smallest absolute Gasteiger partial charge is 0.241 e. The first-order valence-corrected chi connectivity index (χ1v) is 3.36. The monoisotopic (exact) mass is 153 g/mol. The van der Waals surface area contributed by atoms with E-state index in [-0.39, 0.29) is 0 Å². The minimum absolute atomic E-state index is 0.681. The van der Waals surface area contributed by atoms with E-state index in [1.54, 1.807) is 12.1 Å². The Labute approximate surface area is 65.3 Å². The average Bonchev–Trinajstić information content (AvgIpc) is 1.85. The van der Waals surface area contributed by atoms with E-state index in [0.717, 1.165) is 0 Å². The average molecular weight is 153 g/mol. The molecule has 3 heteroatoms. The zero-order valence-corrected chi connectivity index (χ0v) is 6.28. The lowest BCUT2D eigenvalue weighted by atomic mass is 10.3. The van der Waals surface area contributed by atoms with Gasteiger partial charge in [0.1, 0.15) is 0 Å². The van der Waals surface area contributed by atoms with Gasteiger partial charge in [0.05, 0.1) is 0 Å². The fourth-order valence-corrected chi connectivity index (χ4v) is 0.795. The van der Waals surface area contributed by atoms with Crippen molar-refractivity contribution >= 4 is 5.69 Å². The predicted molar refractivity (Wildman–Crippen MR) is 42.9 cm³/mol. The number of anilines is 1. The number of para-hydroxylation sites is 1. The molecule has 11 heavy (non-hydrogen) atoms. The Morgan fingerprint density at radius 2 is 1.73 bits per heavy atom. The highest BCUT2D eigenvalue weighted by molar-refractivity contribution is 5.43. The molecule has 0 fully saturated rings. The van der Waals surface area contributed by atoms with E-state index < -0.39 is 5.91 Å². The van der Waals surface area contributed by atoms with Gasteiger partial charge in [-0.1, -0.05) is 18.2 Å². The molecule has 1 rings (SSSR count). The van der Waals surface area contributed by atoms with Gasteiger partial charge in [-0.15, -0.1) is 0 Å². The summed E-state index contributed by atoms with van der Waals surface area (Å²) in [6, 6.07) is 8.99. The largest absolute Gasteiger partial charge is 0.349 e. The third-order valence-corrected chi connectivity index (χ3v) is 1.15. The highest BCUT2D eigenvalue weighted by Crippen LogP contribution is 2.09. The number of rotatable bonds is 2. The molecule has 0 aliphatic carbocycles. The Kier molecular flexibility index (Phi) is 2.12. The summed E-state index contributed by atoms with van der Waals surface area (Å²) < 4.78 is 0. The number of hydrogen-bond acceptors (Lipinski definition) is 3. The third kappa shape index (κ3) is 3.02. The molecule has 0 bridgehead atoms. The molecule has 0 heterocycles. The van der Waals surface area contributed by atoms with Crippen molar-refractivity contribution in [3.05, 3.63) is 30.3 Å². The van der Waals surface area contributed by atoms with E-state index in [0.29, 0.717) is 5.69 Å². The van der Waals surface area contributed by atoms with Gasteiger partial charge in [0, 0.05) is 12.6 Å². The molecular formula is C8H11NO2. The van der Waals surface area contributed by atoms with Crippen LogP contribution in [0.5, 0.6) is 0 Å². The molecule has 1 aromatic carbocycles. The summed E-state index contributed by atoms with van der Waals surface area (Å²) in [4.78, 5) is 0. The van der Waals surface area contributed by atoms with E-state index >= 15 is 0 Å². The van der Waals surface area contributed by atoms with Crippen LogP contribution in [0.1, 0.15) is 6.92 Å². The summed E-state index contributed by atoms with van der Waals surface area (Å²) in [5.74, 6) is -1.85. The number of nitrogens with one attached hydrogen (secondary N) is 1. The zero-order valence-electron chi connectivity index (χ0n) is 6.28. The van der Waals surface area contributed by atoms with Gasteiger partial charge in [0.25, 0.3) is 0 Å². The highest BCUT2D eigenvalue weighted by atomic mass is 16.5. The lowest BCUT2D eigenvalue weighted by Crippen LogP contribution is -2.33. The molecular weight excluding hydrogens is 142 g/mol. The maximum absolute atomic E-state index is 8.92. The van der Waals surface area contributed by atoms with Crippen LogP contribution in [0.4, 0.5) is 5.69 Å². The minimum Gasteiger partial charge on any atom is -0.349 e. The zero-order chi connectivity index (χ0) is 8.32. The summed E-state index contributed by atoms with van der Waals surface area (Å²) >= 11 is 0. The molecule has 0 saturated heterocycles. The van der Waals surface area contributed by atoms with Gasteiger partial charge >= 0.3 is 0 Å². The van der Waals surface area contributed by atoms with Crippen molar-refractivity contribution in [2.45, 2.75) is 12.8 Å². The maximum atomic E-state index is 8.92. The standard InChI is InChI=1S/C8H11NO2/c1-8(10,11)9-7-5-3-2-4-6-7/h2-6,9-11H,1H3. The Morgan fingerprint density at radius 1 is 1.18 bits per heavy atom. The SMILES string of the molecule is CC(O)(O)Nc1ccccc1. The first-order chi connectivity index (χ1) is 5.08. The van der Waals surface area contributed by atoms with Crippen LogP contribution in [0.3, 0.4) is 0 Å². The Morgan fingerprint density at radius 3 is 2.18 bits per heavy atom. The summed E-state index contributed by atoms with van der Waals surface area (Å²) in [6.07, 6.45) is 0. The summed E-state index contributed by atoms with van der Waals surface area (Å²) in [6.45, 7) is 1.26. The first-order valence-electron chi connectivity index (χ1n) is 3.36. The lowest BCUT2D eigenvalue weighted by Gasteiger charge is -2.18.